The van der Waals surface area contributed by atoms with Crippen LogP contribution < -0.4 is 4.72 Å². The van der Waals surface area contributed by atoms with Gasteiger partial charge in [0.1, 0.15) is 0 Å². The van der Waals surface area contributed by atoms with Crippen molar-refractivity contribution in [3.8, 4) is 0 Å². The largest absolute Gasteiger partial charge is 0.396 e. The van der Waals surface area contributed by atoms with Gasteiger partial charge in [0.25, 0.3) is 0 Å². The lowest BCUT2D eigenvalue weighted by Crippen LogP contribution is -2.43. The molecule has 0 aliphatic carbocycles. The predicted octanol–water partition coefficient (Wildman–Crippen LogP) is 0.264. The maximum Gasteiger partial charge on any atom is 0.301 e. The van der Waals surface area contributed by atoms with Crippen LogP contribution in [0.3, 0.4) is 0 Å². The minimum absolute atomic E-state index is 0.0276. The molecule has 0 bridgehead atoms. The number of aliphatic hydroxyl groups excluding tert-OH is 1. The van der Waals surface area contributed by atoms with Crippen molar-refractivity contribution in [2.45, 2.75) is 26.3 Å². The molecular weight excluding hydrogens is 268 g/mol. The van der Waals surface area contributed by atoms with Crippen molar-refractivity contribution in [2.24, 2.45) is 5.92 Å². The number of rotatable bonds is 5. The van der Waals surface area contributed by atoms with E-state index in [2.05, 4.69) is 9.82 Å². The van der Waals surface area contributed by atoms with Crippen LogP contribution in [0.5, 0.6) is 0 Å². The fourth-order valence-corrected chi connectivity index (χ4v) is 3.51. The van der Waals surface area contributed by atoms with Crippen LogP contribution in [0.1, 0.15) is 19.8 Å². The van der Waals surface area contributed by atoms with Gasteiger partial charge in [0.05, 0.1) is 11.9 Å². The van der Waals surface area contributed by atoms with E-state index in [1.807, 2.05) is 6.92 Å². The molecule has 1 aliphatic rings. The number of piperidine rings is 1. The average Bonchev–Trinajstić information content (AvgIpc) is 2.85. The minimum atomic E-state index is -3.56. The lowest BCUT2D eigenvalue weighted by molar-refractivity contribution is 0.166. The highest BCUT2D eigenvalue weighted by Gasteiger charge is 2.28. The van der Waals surface area contributed by atoms with E-state index in [9.17, 15) is 8.42 Å². The van der Waals surface area contributed by atoms with Gasteiger partial charge >= 0.3 is 10.2 Å². The molecule has 1 aromatic rings. The van der Waals surface area contributed by atoms with Crippen molar-refractivity contribution in [1.82, 2.24) is 14.1 Å². The van der Waals surface area contributed by atoms with Gasteiger partial charge in [0.15, 0.2) is 0 Å². The smallest absolute Gasteiger partial charge is 0.301 e. The van der Waals surface area contributed by atoms with Crippen molar-refractivity contribution in [3.63, 3.8) is 0 Å². The van der Waals surface area contributed by atoms with Gasteiger partial charge in [-0.05, 0) is 25.7 Å². The predicted molar refractivity (Wildman–Crippen MR) is 71.8 cm³/mol. The van der Waals surface area contributed by atoms with Crippen LogP contribution in [0, 0.1) is 5.92 Å². The molecule has 2 heterocycles. The van der Waals surface area contributed by atoms with Crippen molar-refractivity contribution >= 4 is 15.9 Å². The zero-order valence-electron chi connectivity index (χ0n) is 11.0. The lowest BCUT2D eigenvalue weighted by atomic mass is 10.0. The number of anilines is 1. The third kappa shape index (κ3) is 3.46. The number of nitrogens with zero attached hydrogens (tertiary/aromatic N) is 3. The molecule has 1 aliphatic heterocycles. The molecule has 0 aromatic carbocycles. The summed E-state index contributed by atoms with van der Waals surface area (Å²) in [6, 6.07) is 0. The van der Waals surface area contributed by atoms with E-state index in [1.165, 1.54) is 10.5 Å². The number of aliphatic hydroxyl groups is 1. The van der Waals surface area contributed by atoms with E-state index in [4.69, 9.17) is 5.11 Å². The fourth-order valence-electron chi connectivity index (χ4n) is 2.20. The van der Waals surface area contributed by atoms with Gasteiger partial charge in [-0.15, -0.1) is 0 Å². The summed E-state index contributed by atoms with van der Waals surface area (Å²) in [4.78, 5) is 0. The number of hydrogen-bond acceptors (Lipinski definition) is 4. The third-order valence-electron chi connectivity index (χ3n) is 3.28. The highest BCUT2D eigenvalue weighted by molar-refractivity contribution is 7.90. The van der Waals surface area contributed by atoms with Gasteiger partial charge in [-0.3, -0.25) is 9.40 Å². The van der Waals surface area contributed by atoms with Gasteiger partial charge in [0, 0.05) is 32.4 Å². The highest BCUT2D eigenvalue weighted by atomic mass is 32.2. The first-order valence-corrected chi connectivity index (χ1v) is 7.90. The Morgan fingerprint density at radius 1 is 1.58 bits per heavy atom. The SMILES string of the molecule is CCn1cc(NS(=O)(=O)N2CCCC(CO)C2)cn1. The molecule has 1 unspecified atom stereocenters. The second-order valence-electron chi connectivity index (χ2n) is 4.74. The molecule has 2 rings (SSSR count). The van der Waals surface area contributed by atoms with Crippen molar-refractivity contribution < 1.29 is 13.5 Å². The second kappa shape index (κ2) is 5.89. The summed E-state index contributed by atoms with van der Waals surface area (Å²) >= 11 is 0. The monoisotopic (exact) mass is 288 g/mol. The molecule has 0 spiro atoms. The zero-order chi connectivity index (χ0) is 13.9. The van der Waals surface area contributed by atoms with Crippen LogP contribution in [0.2, 0.25) is 0 Å². The maximum atomic E-state index is 12.2. The third-order valence-corrected chi connectivity index (χ3v) is 4.79. The Morgan fingerprint density at radius 3 is 3.00 bits per heavy atom. The Labute approximate surface area is 113 Å². The molecular formula is C11H20N4O3S. The first kappa shape index (κ1) is 14.3. The van der Waals surface area contributed by atoms with E-state index in [1.54, 1.807) is 10.9 Å². The van der Waals surface area contributed by atoms with E-state index >= 15 is 0 Å². The van der Waals surface area contributed by atoms with Crippen LogP contribution in [-0.4, -0.2) is 47.3 Å². The highest BCUT2D eigenvalue weighted by Crippen LogP contribution is 2.20. The summed E-state index contributed by atoms with van der Waals surface area (Å²) in [7, 11) is -3.56. The second-order valence-corrected chi connectivity index (χ2v) is 6.41. The summed E-state index contributed by atoms with van der Waals surface area (Å²) in [5.41, 5.74) is 0.466. The molecule has 1 fully saturated rings. The summed E-state index contributed by atoms with van der Waals surface area (Å²) in [6.07, 6.45) is 4.80. The van der Waals surface area contributed by atoms with E-state index in [-0.39, 0.29) is 12.5 Å². The topological polar surface area (TPSA) is 87.5 Å². The van der Waals surface area contributed by atoms with Crippen molar-refractivity contribution in [3.05, 3.63) is 12.4 Å². The molecule has 0 amide bonds. The number of hydrogen-bond donors (Lipinski definition) is 2. The Balaban J connectivity index is 2.05. The first-order chi connectivity index (χ1) is 9.05. The maximum absolute atomic E-state index is 12.2. The molecule has 108 valence electrons. The summed E-state index contributed by atoms with van der Waals surface area (Å²) in [6.45, 7) is 3.51. The van der Waals surface area contributed by atoms with Crippen LogP contribution in [0.25, 0.3) is 0 Å². The molecule has 0 saturated carbocycles. The van der Waals surface area contributed by atoms with Gasteiger partial charge in [-0.1, -0.05) is 0 Å². The van der Waals surface area contributed by atoms with E-state index in [0.717, 1.165) is 12.8 Å². The lowest BCUT2D eigenvalue weighted by Gasteiger charge is -2.30. The minimum Gasteiger partial charge on any atom is -0.396 e. The molecule has 8 heteroatoms. The van der Waals surface area contributed by atoms with Crippen LogP contribution in [0.4, 0.5) is 5.69 Å². The van der Waals surface area contributed by atoms with Gasteiger partial charge in [-0.2, -0.15) is 17.8 Å². The first-order valence-electron chi connectivity index (χ1n) is 6.46. The summed E-state index contributed by atoms with van der Waals surface area (Å²) in [5.74, 6) is 0.0312. The van der Waals surface area contributed by atoms with Gasteiger partial charge in [0.2, 0.25) is 0 Å². The Bertz CT molecular complexity index is 514. The molecule has 1 atom stereocenters. The van der Waals surface area contributed by atoms with Crippen LogP contribution in [-0.2, 0) is 16.8 Å². The number of aryl methyl sites for hydroxylation is 1. The summed E-state index contributed by atoms with van der Waals surface area (Å²) < 4.78 is 30.0. The molecule has 2 N–H and O–H groups in total. The summed E-state index contributed by atoms with van der Waals surface area (Å²) in [5, 5.41) is 13.2. The molecule has 0 radical (unpaired) electrons. The van der Waals surface area contributed by atoms with E-state index < -0.39 is 10.2 Å². The fraction of sp³-hybridized carbons (Fsp3) is 0.727. The molecule has 1 aromatic heterocycles. The van der Waals surface area contributed by atoms with Crippen molar-refractivity contribution in [2.75, 3.05) is 24.4 Å². The van der Waals surface area contributed by atoms with E-state index in [0.29, 0.717) is 25.3 Å². The molecule has 1 saturated heterocycles. The molecule has 7 nitrogen and oxygen atoms in total. The average molecular weight is 288 g/mol. The Kier molecular flexibility index (Phi) is 4.43. The van der Waals surface area contributed by atoms with Crippen molar-refractivity contribution in [1.29, 1.82) is 0 Å². The Hall–Kier alpha value is -1.12. The standard InChI is InChI=1S/C11H20N4O3S/c1-2-14-8-11(6-12-14)13-19(17,18)15-5-3-4-10(7-15)9-16/h6,8,10,13,16H,2-5,7,9H2,1H3. The molecule has 19 heavy (non-hydrogen) atoms. The van der Waals surface area contributed by atoms with Gasteiger partial charge < -0.3 is 5.11 Å². The number of aromatic nitrogens is 2. The van der Waals surface area contributed by atoms with Gasteiger partial charge in [-0.25, -0.2) is 0 Å². The normalized spacial score (nSPS) is 21.5. The number of nitrogens with one attached hydrogen (secondary N) is 1. The zero-order valence-corrected chi connectivity index (χ0v) is 11.8. The van der Waals surface area contributed by atoms with Crippen LogP contribution in [0.15, 0.2) is 12.4 Å². The van der Waals surface area contributed by atoms with Crippen LogP contribution >= 0.6 is 0 Å². The quantitative estimate of drug-likeness (QED) is 0.814. The Morgan fingerprint density at radius 2 is 2.37 bits per heavy atom.